The summed E-state index contributed by atoms with van der Waals surface area (Å²) in [5, 5.41) is 12.3. The second-order valence-electron chi connectivity index (χ2n) is 6.33. The summed E-state index contributed by atoms with van der Waals surface area (Å²) in [7, 11) is 4.58. The van der Waals surface area contributed by atoms with Crippen LogP contribution in [0.3, 0.4) is 0 Å². The number of methoxy groups -OCH3 is 2. The number of carbonyl (C=O) groups is 1. The van der Waals surface area contributed by atoms with Gasteiger partial charge in [0.15, 0.2) is 17.4 Å². The molecule has 0 fully saturated rings. The normalized spacial score (nSPS) is 10.7. The SMILES string of the molecule is CCc1c(C(=O)N(C)Cc2ccc(OC)c(F)c2)cnn1-c1ccc(OC)nn1. The van der Waals surface area contributed by atoms with Crippen molar-refractivity contribution >= 4 is 5.91 Å². The van der Waals surface area contributed by atoms with Gasteiger partial charge in [-0.25, -0.2) is 9.07 Å². The van der Waals surface area contributed by atoms with Crippen LogP contribution in [-0.4, -0.2) is 52.1 Å². The van der Waals surface area contributed by atoms with E-state index >= 15 is 0 Å². The van der Waals surface area contributed by atoms with Crippen molar-refractivity contribution in [1.29, 1.82) is 0 Å². The molecule has 0 saturated carbocycles. The van der Waals surface area contributed by atoms with Gasteiger partial charge in [-0.15, -0.1) is 10.2 Å². The molecule has 1 amide bonds. The van der Waals surface area contributed by atoms with Gasteiger partial charge >= 0.3 is 0 Å². The van der Waals surface area contributed by atoms with Crippen LogP contribution in [0.25, 0.3) is 5.82 Å². The van der Waals surface area contributed by atoms with Crippen molar-refractivity contribution in [2.75, 3.05) is 21.3 Å². The lowest BCUT2D eigenvalue weighted by atomic mass is 10.1. The van der Waals surface area contributed by atoms with Gasteiger partial charge in [-0.3, -0.25) is 4.79 Å². The molecule has 0 bridgehead atoms. The number of hydrogen-bond donors (Lipinski definition) is 0. The quantitative estimate of drug-likeness (QED) is 0.608. The maximum absolute atomic E-state index is 13.9. The zero-order chi connectivity index (χ0) is 21.0. The maximum atomic E-state index is 13.9. The summed E-state index contributed by atoms with van der Waals surface area (Å²) in [6.45, 7) is 2.18. The van der Waals surface area contributed by atoms with Gasteiger partial charge in [-0.1, -0.05) is 13.0 Å². The van der Waals surface area contributed by atoms with Gasteiger partial charge in [0.05, 0.1) is 31.7 Å². The van der Waals surface area contributed by atoms with Gasteiger partial charge in [0.1, 0.15) is 0 Å². The van der Waals surface area contributed by atoms with E-state index in [4.69, 9.17) is 9.47 Å². The Kier molecular flexibility index (Phi) is 6.06. The summed E-state index contributed by atoms with van der Waals surface area (Å²) in [4.78, 5) is 14.5. The van der Waals surface area contributed by atoms with E-state index in [-0.39, 0.29) is 18.2 Å². The second-order valence-corrected chi connectivity index (χ2v) is 6.33. The molecule has 0 saturated heterocycles. The van der Waals surface area contributed by atoms with Crippen molar-refractivity contribution in [3.05, 3.63) is 59.2 Å². The Balaban J connectivity index is 1.83. The van der Waals surface area contributed by atoms with E-state index in [9.17, 15) is 9.18 Å². The molecule has 0 spiro atoms. The second kappa shape index (κ2) is 8.68. The molecule has 0 aliphatic heterocycles. The number of ether oxygens (including phenoxy) is 2. The van der Waals surface area contributed by atoms with E-state index in [0.29, 0.717) is 34.9 Å². The standard InChI is InChI=1S/C20H22FN5O3/c1-5-16-14(11-22-26(16)18-8-9-19(29-4)24-23-18)20(27)25(2)12-13-6-7-17(28-3)15(21)10-13/h6-11H,5,12H2,1-4H3. The average Bonchev–Trinajstić information content (AvgIpc) is 3.17. The molecule has 2 aromatic heterocycles. The third-order valence-corrected chi connectivity index (χ3v) is 4.47. The number of nitrogens with zero attached hydrogens (tertiary/aromatic N) is 5. The van der Waals surface area contributed by atoms with Crippen molar-refractivity contribution < 1.29 is 18.7 Å². The van der Waals surface area contributed by atoms with Crippen molar-refractivity contribution in [3.63, 3.8) is 0 Å². The number of benzene rings is 1. The first-order chi connectivity index (χ1) is 14.0. The minimum absolute atomic E-state index is 0.165. The topological polar surface area (TPSA) is 82.4 Å². The van der Waals surface area contributed by atoms with E-state index in [1.54, 1.807) is 36.0 Å². The zero-order valence-electron chi connectivity index (χ0n) is 16.7. The highest BCUT2D eigenvalue weighted by atomic mass is 19.1. The van der Waals surface area contributed by atoms with E-state index in [2.05, 4.69) is 15.3 Å². The fourth-order valence-electron chi connectivity index (χ4n) is 2.98. The summed E-state index contributed by atoms with van der Waals surface area (Å²) in [6.07, 6.45) is 2.08. The molecular formula is C20H22FN5O3. The third-order valence-electron chi connectivity index (χ3n) is 4.47. The number of aromatic nitrogens is 4. The Hall–Kier alpha value is -3.49. The van der Waals surface area contributed by atoms with Crippen LogP contribution in [0.15, 0.2) is 36.5 Å². The van der Waals surface area contributed by atoms with Crippen molar-refractivity contribution in [1.82, 2.24) is 24.9 Å². The summed E-state index contributed by atoms with van der Waals surface area (Å²) in [5.41, 5.74) is 1.83. The molecule has 1 aromatic carbocycles. The molecule has 0 aliphatic rings. The van der Waals surface area contributed by atoms with Gasteiger partial charge in [-0.05, 0) is 30.2 Å². The van der Waals surface area contributed by atoms with Crippen molar-refractivity contribution in [2.24, 2.45) is 0 Å². The molecule has 9 heteroatoms. The van der Waals surface area contributed by atoms with Crippen LogP contribution < -0.4 is 9.47 Å². The van der Waals surface area contributed by atoms with E-state index < -0.39 is 5.82 Å². The molecule has 3 aromatic rings. The monoisotopic (exact) mass is 399 g/mol. The van der Waals surface area contributed by atoms with E-state index in [0.717, 1.165) is 0 Å². The Morgan fingerprint density at radius 3 is 2.55 bits per heavy atom. The molecule has 29 heavy (non-hydrogen) atoms. The highest BCUT2D eigenvalue weighted by Crippen LogP contribution is 2.20. The van der Waals surface area contributed by atoms with Crippen LogP contribution >= 0.6 is 0 Å². The predicted octanol–water partition coefficient (Wildman–Crippen LogP) is 2.65. The van der Waals surface area contributed by atoms with Gasteiger partial charge in [-0.2, -0.15) is 5.10 Å². The molecule has 0 aliphatic carbocycles. The van der Waals surface area contributed by atoms with E-state index in [1.807, 2.05) is 6.92 Å². The minimum atomic E-state index is -0.467. The lowest BCUT2D eigenvalue weighted by molar-refractivity contribution is 0.0784. The smallest absolute Gasteiger partial charge is 0.257 e. The van der Waals surface area contributed by atoms with Crippen LogP contribution in [0.2, 0.25) is 0 Å². The summed E-state index contributed by atoms with van der Waals surface area (Å²) >= 11 is 0. The maximum Gasteiger partial charge on any atom is 0.257 e. The predicted molar refractivity (Wildman–Crippen MR) is 104 cm³/mol. The Morgan fingerprint density at radius 2 is 1.97 bits per heavy atom. The first-order valence-corrected chi connectivity index (χ1v) is 9.01. The number of halogens is 1. The average molecular weight is 399 g/mol. The molecule has 2 heterocycles. The molecular weight excluding hydrogens is 377 g/mol. The van der Waals surface area contributed by atoms with Crippen LogP contribution in [0.4, 0.5) is 4.39 Å². The molecule has 0 unspecified atom stereocenters. The number of carbonyl (C=O) groups excluding carboxylic acids is 1. The Labute approximate surface area is 167 Å². The molecule has 0 N–H and O–H groups in total. The molecule has 8 nitrogen and oxygen atoms in total. The lowest BCUT2D eigenvalue weighted by Gasteiger charge is -2.18. The molecule has 3 rings (SSSR count). The highest BCUT2D eigenvalue weighted by Gasteiger charge is 2.21. The number of rotatable bonds is 7. The van der Waals surface area contributed by atoms with Crippen LogP contribution in [0.5, 0.6) is 11.6 Å². The summed E-state index contributed by atoms with van der Waals surface area (Å²) < 4.78 is 25.5. The molecule has 0 radical (unpaired) electrons. The minimum Gasteiger partial charge on any atom is -0.494 e. The first kappa shape index (κ1) is 20.2. The van der Waals surface area contributed by atoms with Crippen LogP contribution in [-0.2, 0) is 13.0 Å². The number of hydrogen-bond acceptors (Lipinski definition) is 6. The van der Waals surface area contributed by atoms with Crippen LogP contribution in [0, 0.1) is 5.82 Å². The van der Waals surface area contributed by atoms with E-state index in [1.165, 1.54) is 31.4 Å². The van der Waals surface area contributed by atoms with Gasteiger partial charge in [0.2, 0.25) is 5.88 Å². The molecule has 152 valence electrons. The first-order valence-electron chi connectivity index (χ1n) is 9.01. The summed E-state index contributed by atoms with van der Waals surface area (Å²) in [6, 6.07) is 8.02. The van der Waals surface area contributed by atoms with Crippen molar-refractivity contribution in [2.45, 2.75) is 19.9 Å². The third kappa shape index (κ3) is 4.18. The number of amides is 1. The van der Waals surface area contributed by atoms with Crippen molar-refractivity contribution in [3.8, 4) is 17.4 Å². The van der Waals surface area contributed by atoms with Gasteiger partial charge in [0, 0.05) is 19.7 Å². The molecule has 0 atom stereocenters. The Bertz CT molecular complexity index is 1000. The fraction of sp³-hybridized carbons (Fsp3) is 0.300. The largest absolute Gasteiger partial charge is 0.494 e. The fourth-order valence-corrected chi connectivity index (χ4v) is 2.98. The zero-order valence-corrected chi connectivity index (χ0v) is 16.7. The van der Waals surface area contributed by atoms with Gasteiger partial charge in [0.25, 0.3) is 5.91 Å². The Morgan fingerprint density at radius 1 is 1.17 bits per heavy atom. The lowest BCUT2D eigenvalue weighted by Crippen LogP contribution is -2.27. The van der Waals surface area contributed by atoms with Crippen LogP contribution in [0.1, 0.15) is 28.5 Å². The highest BCUT2D eigenvalue weighted by molar-refractivity contribution is 5.95. The summed E-state index contributed by atoms with van der Waals surface area (Å²) in [5.74, 6) is 0.359. The van der Waals surface area contributed by atoms with Gasteiger partial charge < -0.3 is 14.4 Å².